The molecule has 0 amide bonds. The third-order valence-electron chi connectivity index (χ3n) is 7.73. The van der Waals surface area contributed by atoms with Crippen LogP contribution in [0.15, 0.2) is 67.3 Å². The van der Waals surface area contributed by atoms with Crippen molar-refractivity contribution in [3.8, 4) is 11.8 Å². The van der Waals surface area contributed by atoms with Crippen LogP contribution in [-0.4, -0.2) is 0 Å². The molecule has 1 aliphatic carbocycles. The quantitative estimate of drug-likeness (QED) is 0.218. The molecule has 0 spiro atoms. The van der Waals surface area contributed by atoms with Gasteiger partial charge in [-0.3, -0.25) is 0 Å². The Balaban J connectivity index is 1.36. The van der Waals surface area contributed by atoms with Crippen molar-refractivity contribution < 1.29 is 4.39 Å². The summed E-state index contributed by atoms with van der Waals surface area (Å²) in [6.07, 6.45) is 15.4. The molecule has 0 N–H and O–H groups in total. The van der Waals surface area contributed by atoms with Crippen molar-refractivity contribution in [3.63, 3.8) is 0 Å². The van der Waals surface area contributed by atoms with Gasteiger partial charge in [0.15, 0.2) is 0 Å². The van der Waals surface area contributed by atoms with E-state index in [1.807, 2.05) is 30.3 Å². The molecule has 4 rings (SSSR count). The molecule has 0 nitrogen and oxygen atoms in total. The number of aryl methyl sites for hydroxylation is 2. The standard InChI is InChI=1S/C34H39F/c1-3-5-7-26-9-13-28(14-10-26)17-18-30-20-24-33-32(25-30)23-22-31(34(33)35)21-19-29-15-11-27(12-16-29)8-6-4-2/h3,9-10,13-14,20,22-25,27,29H,1,4-8,11-12,15-16,19,21H2,2H3. The van der Waals surface area contributed by atoms with Gasteiger partial charge in [0, 0.05) is 16.5 Å². The molecule has 0 aliphatic heterocycles. The molecule has 1 saturated carbocycles. The van der Waals surface area contributed by atoms with Crippen molar-refractivity contribution >= 4 is 10.8 Å². The molecule has 0 atom stereocenters. The van der Waals surface area contributed by atoms with Gasteiger partial charge < -0.3 is 0 Å². The summed E-state index contributed by atoms with van der Waals surface area (Å²) in [6.45, 7) is 6.06. The van der Waals surface area contributed by atoms with Crippen molar-refractivity contribution in [2.24, 2.45) is 11.8 Å². The summed E-state index contributed by atoms with van der Waals surface area (Å²) in [5.41, 5.74) is 4.07. The van der Waals surface area contributed by atoms with Crippen LogP contribution < -0.4 is 0 Å². The summed E-state index contributed by atoms with van der Waals surface area (Å²) < 4.78 is 15.3. The molecule has 1 heteroatoms. The fraction of sp³-hybridized carbons (Fsp3) is 0.412. The Morgan fingerprint density at radius 3 is 2.26 bits per heavy atom. The van der Waals surface area contributed by atoms with Crippen LogP contribution in [0.5, 0.6) is 0 Å². The zero-order chi connectivity index (χ0) is 24.5. The predicted octanol–water partition coefficient (Wildman–Crippen LogP) is 9.43. The van der Waals surface area contributed by atoms with Gasteiger partial charge in [-0.05, 0) is 78.3 Å². The number of halogens is 1. The Labute approximate surface area is 211 Å². The SMILES string of the molecule is C=CCCc1ccc(C#Cc2ccc3c(F)c(CCC4CCC(CCCC)CC4)ccc3c2)cc1. The highest BCUT2D eigenvalue weighted by Crippen LogP contribution is 2.34. The van der Waals surface area contributed by atoms with E-state index in [1.165, 1.54) is 50.5 Å². The number of hydrogen-bond acceptors (Lipinski definition) is 0. The number of unbranched alkanes of at least 4 members (excludes halogenated alkanes) is 1. The van der Waals surface area contributed by atoms with Crippen LogP contribution in [0.2, 0.25) is 0 Å². The van der Waals surface area contributed by atoms with Crippen molar-refractivity contribution in [1.82, 2.24) is 0 Å². The summed E-state index contributed by atoms with van der Waals surface area (Å²) in [7, 11) is 0. The monoisotopic (exact) mass is 466 g/mol. The molecule has 35 heavy (non-hydrogen) atoms. The number of benzene rings is 3. The molecule has 1 fully saturated rings. The minimum absolute atomic E-state index is 0.0475. The van der Waals surface area contributed by atoms with Gasteiger partial charge in [-0.25, -0.2) is 4.39 Å². The smallest absolute Gasteiger partial charge is 0.134 e. The van der Waals surface area contributed by atoms with E-state index in [2.05, 4.69) is 55.7 Å². The Kier molecular flexibility index (Phi) is 9.19. The maximum Gasteiger partial charge on any atom is 0.134 e. The lowest BCUT2D eigenvalue weighted by molar-refractivity contribution is 0.249. The first-order chi connectivity index (χ1) is 17.2. The van der Waals surface area contributed by atoms with E-state index in [4.69, 9.17) is 0 Å². The highest BCUT2D eigenvalue weighted by Gasteiger charge is 2.21. The van der Waals surface area contributed by atoms with Gasteiger partial charge in [0.05, 0.1) is 0 Å². The van der Waals surface area contributed by atoms with E-state index in [-0.39, 0.29) is 5.82 Å². The molecule has 3 aromatic carbocycles. The normalized spacial score (nSPS) is 17.7. The van der Waals surface area contributed by atoms with E-state index >= 15 is 4.39 Å². The first-order valence-corrected chi connectivity index (χ1v) is 13.6. The Hall–Kier alpha value is -2.85. The van der Waals surface area contributed by atoms with Crippen LogP contribution in [0.4, 0.5) is 4.39 Å². The molecule has 1 aliphatic rings. The van der Waals surface area contributed by atoms with Gasteiger partial charge in [0.25, 0.3) is 0 Å². The minimum Gasteiger partial charge on any atom is -0.206 e. The van der Waals surface area contributed by atoms with Gasteiger partial charge in [0.1, 0.15) is 5.82 Å². The average molecular weight is 467 g/mol. The van der Waals surface area contributed by atoms with Gasteiger partial charge in [-0.1, -0.05) is 100 Å². The molecule has 0 radical (unpaired) electrons. The Morgan fingerprint density at radius 1 is 0.857 bits per heavy atom. The van der Waals surface area contributed by atoms with Crippen LogP contribution in [0.25, 0.3) is 10.8 Å². The largest absolute Gasteiger partial charge is 0.206 e. The molecule has 3 aromatic rings. The summed E-state index contributed by atoms with van der Waals surface area (Å²) in [4.78, 5) is 0. The second-order valence-electron chi connectivity index (χ2n) is 10.3. The van der Waals surface area contributed by atoms with Crippen LogP contribution in [-0.2, 0) is 12.8 Å². The number of allylic oxidation sites excluding steroid dienone is 1. The van der Waals surface area contributed by atoms with E-state index in [9.17, 15) is 0 Å². The lowest BCUT2D eigenvalue weighted by atomic mass is 9.78. The maximum atomic E-state index is 15.3. The van der Waals surface area contributed by atoms with Crippen molar-refractivity contribution in [2.45, 2.75) is 77.6 Å². The number of hydrogen-bond donors (Lipinski definition) is 0. The maximum absolute atomic E-state index is 15.3. The Bertz CT molecular complexity index is 1170. The van der Waals surface area contributed by atoms with Crippen LogP contribution in [0, 0.1) is 29.5 Å². The van der Waals surface area contributed by atoms with Gasteiger partial charge in [-0.2, -0.15) is 0 Å². The minimum atomic E-state index is -0.0475. The van der Waals surface area contributed by atoms with Crippen molar-refractivity contribution in [2.75, 3.05) is 0 Å². The zero-order valence-electron chi connectivity index (χ0n) is 21.3. The van der Waals surface area contributed by atoms with E-state index in [0.29, 0.717) is 5.39 Å². The average Bonchev–Trinajstić information content (AvgIpc) is 2.90. The van der Waals surface area contributed by atoms with Crippen molar-refractivity contribution in [1.29, 1.82) is 0 Å². The molecule has 0 bridgehead atoms. The highest BCUT2D eigenvalue weighted by molar-refractivity contribution is 5.85. The predicted molar refractivity (Wildman–Crippen MR) is 148 cm³/mol. The molecule has 0 saturated heterocycles. The summed E-state index contributed by atoms with van der Waals surface area (Å²) >= 11 is 0. The first kappa shape index (κ1) is 25.2. The second-order valence-corrected chi connectivity index (χ2v) is 10.3. The molecular formula is C34H39F. The summed E-state index contributed by atoms with van der Waals surface area (Å²) in [6, 6.07) is 18.3. The Morgan fingerprint density at radius 2 is 1.54 bits per heavy atom. The molecular weight excluding hydrogens is 427 g/mol. The molecule has 0 aromatic heterocycles. The fourth-order valence-electron chi connectivity index (χ4n) is 5.44. The topological polar surface area (TPSA) is 0 Å². The summed E-state index contributed by atoms with van der Waals surface area (Å²) in [5, 5.41) is 1.64. The third-order valence-corrected chi connectivity index (χ3v) is 7.73. The molecule has 182 valence electrons. The third kappa shape index (κ3) is 7.08. The van der Waals surface area contributed by atoms with E-state index in [0.717, 1.165) is 59.6 Å². The fourth-order valence-corrected chi connectivity index (χ4v) is 5.44. The van der Waals surface area contributed by atoms with Crippen LogP contribution in [0.1, 0.15) is 87.0 Å². The van der Waals surface area contributed by atoms with Gasteiger partial charge in [0.2, 0.25) is 0 Å². The highest BCUT2D eigenvalue weighted by atomic mass is 19.1. The van der Waals surface area contributed by atoms with Crippen LogP contribution >= 0.6 is 0 Å². The first-order valence-electron chi connectivity index (χ1n) is 13.6. The van der Waals surface area contributed by atoms with Gasteiger partial charge >= 0.3 is 0 Å². The lowest BCUT2D eigenvalue weighted by Gasteiger charge is -2.28. The second kappa shape index (κ2) is 12.7. The summed E-state index contributed by atoms with van der Waals surface area (Å²) in [5.74, 6) is 8.13. The number of fused-ring (bicyclic) bond motifs is 1. The molecule has 0 unspecified atom stereocenters. The van der Waals surface area contributed by atoms with E-state index in [1.54, 1.807) is 0 Å². The zero-order valence-corrected chi connectivity index (χ0v) is 21.3. The molecule has 0 heterocycles. The van der Waals surface area contributed by atoms with Crippen molar-refractivity contribution in [3.05, 3.63) is 95.3 Å². The van der Waals surface area contributed by atoms with Gasteiger partial charge in [-0.15, -0.1) is 6.58 Å². The number of rotatable bonds is 9. The van der Waals surface area contributed by atoms with E-state index < -0.39 is 0 Å². The lowest BCUT2D eigenvalue weighted by Crippen LogP contribution is -2.15. The van der Waals surface area contributed by atoms with Crippen LogP contribution in [0.3, 0.4) is 0 Å².